The Morgan fingerprint density at radius 2 is 2.25 bits per heavy atom. The fourth-order valence-electron chi connectivity index (χ4n) is 0.594. The highest BCUT2D eigenvalue weighted by molar-refractivity contribution is 5.86. The Morgan fingerprint density at radius 3 is 2.75 bits per heavy atom. The highest BCUT2D eigenvalue weighted by Crippen LogP contribution is 1.97. The standard InChI is InChI=1S/C9H13NO2/c1-8(2)9(11)12-7-5-3-4-6-10/h1,3-5,7H2,2H3. The normalized spacial score (nSPS) is 8.67. The maximum absolute atomic E-state index is 10.8. The number of carbonyl (C=O) groups excluding carboxylic acids is 1. The van der Waals surface area contributed by atoms with Gasteiger partial charge in [-0.05, 0) is 19.8 Å². The van der Waals surface area contributed by atoms with Gasteiger partial charge in [0.15, 0.2) is 0 Å². The van der Waals surface area contributed by atoms with Gasteiger partial charge in [0.2, 0.25) is 0 Å². The Morgan fingerprint density at radius 1 is 1.58 bits per heavy atom. The molecule has 0 N–H and O–H groups in total. The molecule has 0 fully saturated rings. The first kappa shape index (κ1) is 10.7. The maximum Gasteiger partial charge on any atom is 0.333 e. The topological polar surface area (TPSA) is 50.1 Å². The number of hydrogen-bond donors (Lipinski definition) is 0. The van der Waals surface area contributed by atoms with E-state index in [0.29, 0.717) is 18.6 Å². The summed E-state index contributed by atoms with van der Waals surface area (Å²) in [6, 6.07) is 2.02. The summed E-state index contributed by atoms with van der Waals surface area (Å²) in [5.74, 6) is -0.355. The van der Waals surface area contributed by atoms with Gasteiger partial charge in [0.25, 0.3) is 0 Å². The van der Waals surface area contributed by atoms with Gasteiger partial charge >= 0.3 is 5.97 Å². The molecule has 0 aliphatic rings. The number of unbranched alkanes of at least 4 members (excludes halogenated alkanes) is 2. The third kappa shape index (κ3) is 5.48. The van der Waals surface area contributed by atoms with Crippen LogP contribution in [0, 0.1) is 11.3 Å². The molecule has 0 rings (SSSR count). The van der Waals surface area contributed by atoms with Crippen molar-refractivity contribution in [2.45, 2.75) is 26.2 Å². The van der Waals surface area contributed by atoms with E-state index < -0.39 is 0 Å². The molecule has 0 bridgehead atoms. The molecule has 0 aliphatic carbocycles. The van der Waals surface area contributed by atoms with Gasteiger partial charge in [0.05, 0.1) is 12.7 Å². The molecule has 0 unspecified atom stereocenters. The minimum absolute atomic E-state index is 0.355. The van der Waals surface area contributed by atoms with E-state index >= 15 is 0 Å². The molecule has 0 aromatic heterocycles. The number of nitriles is 1. The molecular formula is C9H13NO2. The summed E-state index contributed by atoms with van der Waals surface area (Å²) in [5, 5.41) is 8.19. The highest BCUT2D eigenvalue weighted by Gasteiger charge is 2.01. The lowest BCUT2D eigenvalue weighted by Gasteiger charge is -2.01. The van der Waals surface area contributed by atoms with Crippen molar-refractivity contribution in [3.8, 4) is 6.07 Å². The van der Waals surface area contributed by atoms with Crippen molar-refractivity contribution in [3.63, 3.8) is 0 Å². The molecule has 3 heteroatoms. The molecular weight excluding hydrogens is 154 g/mol. The lowest BCUT2D eigenvalue weighted by Crippen LogP contribution is -2.05. The molecule has 0 spiro atoms. The van der Waals surface area contributed by atoms with Crippen molar-refractivity contribution in [2.75, 3.05) is 6.61 Å². The molecule has 12 heavy (non-hydrogen) atoms. The predicted octanol–water partition coefficient (Wildman–Crippen LogP) is 1.80. The van der Waals surface area contributed by atoms with Crippen molar-refractivity contribution >= 4 is 5.97 Å². The Kier molecular flexibility index (Phi) is 5.72. The lowest BCUT2D eigenvalue weighted by atomic mass is 10.2. The van der Waals surface area contributed by atoms with Crippen molar-refractivity contribution in [1.82, 2.24) is 0 Å². The first-order valence-electron chi connectivity index (χ1n) is 3.88. The molecule has 0 atom stereocenters. The van der Waals surface area contributed by atoms with Crippen molar-refractivity contribution in [2.24, 2.45) is 0 Å². The first-order chi connectivity index (χ1) is 5.68. The summed E-state index contributed by atoms with van der Waals surface area (Å²) in [4.78, 5) is 10.8. The van der Waals surface area contributed by atoms with Gasteiger partial charge in [-0.2, -0.15) is 5.26 Å². The van der Waals surface area contributed by atoms with Crippen LogP contribution in [0.5, 0.6) is 0 Å². The molecule has 0 aromatic rings. The summed E-state index contributed by atoms with van der Waals surface area (Å²) in [7, 11) is 0. The zero-order valence-corrected chi connectivity index (χ0v) is 7.30. The largest absolute Gasteiger partial charge is 0.462 e. The van der Waals surface area contributed by atoms with Crippen molar-refractivity contribution < 1.29 is 9.53 Å². The lowest BCUT2D eigenvalue weighted by molar-refractivity contribution is -0.139. The van der Waals surface area contributed by atoms with Gasteiger partial charge in [-0.3, -0.25) is 0 Å². The fraction of sp³-hybridized carbons (Fsp3) is 0.556. The number of hydrogen-bond acceptors (Lipinski definition) is 3. The predicted molar refractivity (Wildman–Crippen MR) is 45.2 cm³/mol. The van der Waals surface area contributed by atoms with Crippen LogP contribution in [0.1, 0.15) is 26.2 Å². The SMILES string of the molecule is C=C(C)C(=O)OCCCCC#N. The number of carbonyl (C=O) groups is 1. The van der Waals surface area contributed by atoms with Crippen LogP contribution in [0.15, 0.2) is 12.2 Å². The highest BCUT2D eigenvalue weighted by atomic mass is 16.5. The molecule has 3 nitrogen and oxygen atoms in total. The first-order valence-corrected chi connectivity index (χ1v) is 3.88. The van der Waals surface area contributed by atoms with Gasteiger partial charge in [0, 0.05) is 12.0 Å². The van der Waals surface area contributed by atoms with Crippen LogP contribution in [-0.4, -0.2) is 12.6 Å². The molecule has 0 heterocycles. The van der Waals surface area contributed by atoms with Crippen LogP contribution in [-0.2, 0) is 9.53 Å². The van der Waals surface area contributed by atoms with E-state index in [2.05, 4.69) is 6.58 Å². The minimum Gasteiger partial charge on any atom is -0.462 e. The van der Waals surface area contributed by atoms with Crippen LogP contribution in [0.25, 0.3) is 0 Å². The van der Waals surface area contributed by atoms with E-state index in [1.165, 1.54) is 0 Å². The average Bonchev–Trinajstić information content (AvgIpc) is 2.03. The molecule has 0 radical (unpaired) electrons. The van der Waals surface area contributed by atoms with Gasteiger partial charge in [0.1, 0.15) is 0 Å². The number of esters is 1. The molecule has 0 saturated carbocycles. The second-order valence-electron chi connectivity index (χ2n) is 2.53. The van der Waals surface area contributed by atoms with Gasteiger partial charge in [-0.25, -0.2) is 4.79 Å². The summed E-state index contributed by atoms with van der Waals surface area (Å²) >= 11 is 0. The van der Waals surface area contributed by atoms with E-state index in [1.54, 1.807) is 6.92 Å². The monoisotopic (exact) mass is 167 g/mol. The Bertz CT molecular complexity index is 203. The van der Waals surface area contributed by atoms with Crippen LogP contribution in [0.3, 0.4) is 0 Å². The second kappa shape index (κ2) is 6.41. The third-order valence-corrected chi connectivity index (χ3v) is 1.26. The summed E-state index contributed by atoms with van der Waals surface area (Å²) in [6.07, 6.45) is 2.04. The third-order valence-electron chi connectivity index (χ3n) is 1.26. The van der Waals surface area contributed by atoms with E-state index in [4.69, 9.17) is 10.00 Å². The average molecular weight is 167 g/mol. The zero-order valence-electron chi connectivity index (χ0n) is 7.30. The van der Waals surface area contributed by atoms with E-state index in [0.717, 1.165) is 12.8 Å². The van der Waals surface area contributed by atoms with E-state index in [1.807, 2.05) is 6.07 Å². The maximum atomic E-state index is 10.8. The van der Waals surface area contributed by atoms with Crippen molar-refractivity contribution in [3.05, 3.63) is 12.2 Å². The molecule has 66 valence electrons. The number of nitrogens with zero attached hydrogens (tertiary/aromatic N) is 1. The second-order valence-corrected chi connectivity index (χ2v) is 2.53. The van der Waals surface area contributed by atoms with Gasteiger partial charge < -0.3 is 4.74 Å². The van der Waals surface area contributed by atoms with Gasteiger partial charge in [-0.15, -0.1) is 0 Å². The van der Waals surface area contributed by atoms with Crippen LogP contribution < -0.4 is 0 Å². The summed E-state index contributed by atoms with van der Waals surface area (Å²) in [5.41, 5.74) is 0.412. The molecule has 0 amide bonds. The van der Waals surface area contributed by atoms with Gasteiger partial charge in [-0.1, -0.05) is 6.58 Å². The molecule has 0 saturated heterocycles. The molecule has 0 aromatic carbocycles. The Hall–Kier alpha value is -1.30. The van der Waals surface area contributed by atoms with Crippen molar-refractivity contribution in [1.29, 1.82) is 5.26 Å². The number of ether oxygens (including phenoxy) is 1. The summed E-state index contributed by atoms with van der Waals surface area (Å²) in [6.45, 7) is 5.43. The Labute approximate surface area is 72.6 Å². The van der Waals surface area contributed by atoms with Crippen LogP contribution in [0.2, 0.25) is 0 Å². The molecule has 0 aliphatic heterocycles. The van der Waals surface area contributed by atoms with Crippen LogP contribution >= 0.6 is 0 Å². The Balaban J connectivity index is 3.27. The fourth-order valence-corrected chi connectivity index (χ4v) is 0.594. The van der Waals surface area contributed by atoms with E-state index in [-0.39, 0.29) is 5.97 Å². The number of rotatable bonds is 5. The minimum atomic E-state index is -0.355. The summed E-state index contributed by atoms with van der Waals surface area (Å²) < 4.78 is 4.80. The van der Waals surface area contributed by atoms with Crippen LogP contribution in [0.4, 0.5) is 0 Å². The zero-order chi connectivity index (χ0) is 9.40. The van der Waals surface area contributed by atoms with E-state index in [9.17, 15) is 4.79 Å². The quantitative estimate of drug-likeness (QED) is 0.356. The smallest absolute Gasteiger partial charge is 0.333 e.